The molecule has 0 radical (unpaired) electrons. The Morgan fingerprint density at radius 3 is 2.39 bits per heavy atom. The van der Waals surface area contributed by atoms with Crippen LogP contribution in [0.15, 0.2) is 29.2 Å². The molecule has 3 heterocycles. The molecule has 0 unspecified atom stereocenters. The molecule has 1 fully saturated rings. The van der Waals surface area contributed by atoms with Crippen molar-refractivity contribution in [3.8, 4) is 0 Å². The zero-order valence-corrected chi connectivity index (χ0v) is 23.4. The van der Waals surface area contributed by atoms with Gasteiger partial charge in [0, 0.05) is 36.6 Å². The number of hydrogen-bond acceptors (Lipinski definition) is 7. The number of nitrogens with one attached hydrogen (secondary N) is 1. The Morgan fingerprint density at radius 2 is 1.78 bits per heavy atom. The van der Waals surface area contributed by atoms with Crippen LogP contribution in [0, 0.1) is 5.92 Å². The van der Waals surface area contributed by atoms with Crippen LogP contribution in [0.5, 0.6) is 0 Å². The predicted molar refractivity (Wildman–Crippen MR) is 144 cm³/mol. The lowest BCUT2D eigenvalue weighted by Crippen LogP contribution is -2.37. The molecule has 1 aromatic heterocycles. The number of carbonyl (C=O) groups excluding carboxylic acids is 2. The predicted octanol–water partition coefficient (Wildman–Crippen LogP) is 4.40. The minimum Gasteiger partial charge on any atom is -0.462 e. The molecule has 36 heavy (non-hydrogen) atoms. The average Bonchev–Trinajstić information content (AvgIpc) is 3.21. The number of nitrogens with zero attached hydrogens (tertiary/aromatic N) is 2. The number of sulfonamides is 1. The van der Waals surface area contributed by atoms with Gasteiger partial charge < -0.3 is 10.1 Å². The van der Waals surface area contributed by atoms with E-state index in [1.807, 2.05) is 0 Å². The van der Waals surface area contributed by atoms with E-state index in [4.69, 9.17) is 4.74 Å². The largest absolute Gasteiger partial charge is 0.462 e. The summed E-state index contributed by atoms with van der Waals surface area (Å²) in [5.41, 5.74) is 1.72. The van der Waals surface area contributed by atoms with Crippen molar-refractivity contribution >= 4 is 50.6 Å². The maximum atomic E-state index is 13.1. The fourth-order valence-corrected chi connectivity index (χ4v) is 7.30. The first-order chi connectivity index (χ1) is 16.7. The van der Waals surface area contributed by atoms with E-state index in [2.05, 4.69) is 24.1 Å². The van der Waals surface area contributed by atoms with Crippen molar-refractivity contribution in [2.75, 3.05) is 38.1 Å². The lowest BCUT2D eigenvalue weighted by atomic mass is 10.0. The topological polar surface area (TPSA) is 96.0 Å². The fraction of sp³-hybridized carbons (Fsp3) is 0.520. The number of likely N-dealkylation sites (N-methyl/N-ethyl adjacent to an activating group) is 1. The summed E-state index contributed by atoms with van der Waals surface area (Å²) in [6.45, 7) is 9.78. The number of thiophene rings is 1. The van der Waals surface area contributed by atoms with Crippen molar-refractivity contribution in [3.05, 3.63) is 45.8 Å². The SMILES string of the molecule is CCOC(=O)c1c(NC(=O)c2ccc(S(=O)(=O)N3CCC(C)CC3)cc2)sc2c1CCN(CC)C2.Cl. The molecule has 1 N–H and O–H groups in total. The second kappa shape index (κ2) is 12.0. The van der Waals surface area contributed by atoms with Crippen LogP contribution in [-0.4, -0.2) is 62.3 Å². The maximum absolute atomic E-state index is 13.1. The van der Waals surface area contributed by atoms with Crippen molar-refractivity contribution < 1.29 is 22.7 Å². The third-order valence-electron chi connectivity index (χ3n) is 6.79. The summed E-state index contributed by atoms with van der Waals surface area (Å²) >= 11 is 1.41. The van der Waals surface area contributed by atoms with Gasteiger partial charge in [0.1, 0.15) is 5.00 Å². The summed E-state index contributed by atoms with van der Waals surface area (Å²) in [4.78, 5) is 29.3. The molecule has 1 aromatic carbocycles. The van der Waals surface area contributed by atoms with Gasteiger partial charge in [0.05, 0.1) is 17.1 Å². The highest BCUT2D eigenvalue weighted by molar-refractivity contribution is 7.89. The number of anilines is 1. The van der Waals surface area contributed by atoms with Gasteiger partial charge in [0.25, 0.3) is 5.91 Å². The molecular weight excluding hydrogens is 522 g/mol. The highest BCUT2D eigenvalue weighted by Gasteiger charge is 2.30. The van der Waals surface area contributed by atoms with Crippen molar-refractivity contribution in [1.29, 1.82) is 0 Å². The quantitative estimate of drug-likeness (QED) is 0.509. The second-order valence-corrected chi connectivity index (χ2v) is 12.2. The minimum atomic E-state index is -3.58. The van der Waals surface area contributed by atoms with Gasteiger partial charge in [-0.15, -0.1) is 23.7 Å². The Bertz CT molecular complexity index is 1190. The normalized spacial score (nSPS) is 17.2. The van der Waals surface area contributed by atoms with Crippen LogP contribution in [0.3, 0.4) is 0 Å². The highest BCUT2D eigenvalue weighted by atomic mass is 35.5. The van der Waals surface area contributed by atoms with Gasteiger partial charge in [-0.3, -0.25) is 9.69 Å². The lowest BCUT2D eigenvalue weighted by Gasteiger charge is -2.29. The fourth-order valence-electron chi connectivity index (χ4n) is 4.56. The summed E-state index contributed by atoms with van der Waals surface area (Å²) in [6.07, 6.45) is 2.43. The zero-order chi connectivity index (χ0) is 25.2. The Labute approximate surface area is 223 Å². The van der Waals surface area contributed by atoms with Gasteiger partial charge in [0.2, 0.25) is 10.0 Å². The Kier molecular flexibility index (Phi) is 9.56. The molecule has 4 rings (SSSR count). The maximum Gasteiger partial charge on any atom is 0.341 e. The molecule has 8 nitrogen and oxygen atoms in total. The third kappa shape index (κ3) is 5.94. The van der Waals surface area contributed by atoms with Crippen LogP contribution in [0.25, 0.3) is 0 Å². The number of carbonyl (C=O) groups is 2. The van der Waals surface area contributed by atoms with Gasteiger partial charge in [-0.05, 0) is 68.5 Å². The number of fused-ring (bicyclic) bond motifs is 1. The molecule has 0 atom stereocenters. The number of halogens is 1. The van der Waals surface area contributed by atoms with Gasteiger partial charge in [-0.25, -0.2) is 13.2 Å². The number of hydrogen-bond donors (Lipinski definition) is 1. The summed E-state index contributed by atoms with van der Waals surface area (Å²) in [5, 5.41) is 3.36. The highest BCUT2D eigenvalue weighted by Crippen LogP contribution is 2.38. The van der Waals surface area contributed by atoms with Gasteiger partial charge in [-0.2, -0.15) is 4.31 Å². The number of piperidine rings is 1. The average molecular weight is 556 g/mol. The van der Waals surface area contributed by atoms with Gasteiger partial charge in [-0.1, -0.05) is 13.8 Å². The minimum absolute atomic E-state index is 0. The molecule has 2 aliphatic rings. The first kappa shape index (κ1) is 28.6. The molecule has 0 saturated carbocycles. The smallest absolute Gasteiger partial charge is 0.341 e. The van der Waals surface area contributed by atoms with Gasteiger partial charge in [0.15, 0.2) is 0 Å². The van der Waals surface area contributed by atoms with E-state index in [-0.39, 0.29) is 23.9 Å². The van der Waals surface area contributed by atoms with E-state index in [1.54, 1.807) is 6.92 Å². The van der Waals surface area contributed by atoms with E-state index >= 15 is 0 Å². The first-order valence-corrected chi connectivity index (χ1v) is 14.5. The molecule has 2 aliphatic heterocycles. The molecule has 198 valence electrons. The summed E-state index contributed by atoms with van der Waals surface area (Å²) in [5.74, 6) is -0.292. The number of esters is 1. The lowest BCUT2D eigenvalue weighted by molar-refractivity contribution is 0.0526. The Hall–Kier alpha value is -1.98. The number of amides is 1. The summed E-state index contributed by atoms with van der Waals surface area (Å²) < 4.78 is 32.8. The molecular formula is C25H34ClN3O5S2. The van der Waals surface area contributed by atoms with Crippen LogP contribution in [0.1, 0.15) is 64.8 Å². The van der Waals surface area contributed by atoms with E-state index < -0.39 is 21.9 Å². The van der Waals surface area contributed by atoms with Crippen LogP contribution >= 0.6 is 23.7 Å². The molecule has 0 spiro atoms. The van der Waals surface area contributed by atoms with Crippen molar-refractivity contribution in [3.63, 3.8) is 0 Å². The van der Waals surface area contributed by atoms with Gasteiger partial charge >= 0.3 is 5.97 Å². The monoisotopic (exact) mass is 555 g/mol. The van der Waals surface area contributed by atoms with Crippen LogP contribution < -0.4 is 5.32 Å². The van der Waals surface area contributed by atoms with Crippen LogP contribution in [0.4, 0.5) is 5.00 Å². The Balaban J connectivity index is 0.00000361. The second-order valence-electron chi connectivity index (χ2n) is 9.11. The van der Waals surface area contributed by atoms with Crippen molar-refractivity contribution in [1.82, 2.24) is 9.21 Å². The standard InChI is InChI=1S/C25H33N3O5S2.ClH/c1-4-27-13-12-20-21(16-27)34-24(22(20)25(30)33-5-2)26-23(29)18-6-8-19(9-7-18)35(31,32)28-14-10-17(3)11-15-28;/h6-9,17H,4-5,10-16H2,1-3H3,(H,26,29);1H. The first-order valence-electron chi connectivity index (χ1n) is 12.2. The number of rotatable bonds is 7. The van der Waals surface area contributed by atoms with E-state index in [0.29, 0.717) is 35.1 Å². The summed E-state index contributed by atoms with van der Waals surface area (Å²) in [6, 6.07) is 6.00. The third-order valence-corrected chi connectivity index (χ3v) is 9.83. The summed E-state index contributed by atoms with van der Waals surface area (Å²) in [7, 11) is -3.58. The molecule has 1 amide bonds. The Morgan fingerprint density at radius 1 is 1.11 bits per heavy atom. The molecule has 0 bridgehead atoms. The number of benzene rings is 1. The van der Waals surface area contributed by atoms with Crippen molar-refractivity contribution in [2.45, 2.75) is 51.5 Å². The molecule has 11 heteroatoms. The van der Waals surface area contributed by atoms with E-state index in [9.17, 15) is 18.0 Å². The molecule has 0 aliphatic carbocycles. The van der Waals surface area contributed by atoms with E-state index in [0.717, 1.165) is 49.3 Å². The molecule has 1 saturated heterocycles. The van der Waals surface area contributed by atoms with E-state index in [1.165, 1.54) is 39.9 Å². The number of ether oxygens (including phenoxy) is 1. The molecule has 2 aromatic rings. The zero-order valence-electron chi connectivity index (χ0n) is 20.9. The van der Waals surface area contributed by atoms with Crippen LogP contribution in [-0.2, 0) is 27.7 Å². The van der Waals surface area contributed by atoms with Crippen molar-refractivity contribution in [2.24, 2.45) is 5.92 Å². The van der Waals surface area contributed by atoms with Crippen LogP contribution in [0.2, 0.25) is 0 Å².